The van der Waals surface area contributed by atoms with E-state index in [0.29, 0.717) is 6.54 Å². The van der Waals surface area contributed by atoms with E-state index in [2.05, 4.69) is 4.72 Å². The molecule has 2 aliphatic carbocycles. The summed E-state index contributed by atoms with van der Waals surface area (Å²) in [5.74, 6) is 0.121. The molecule has 0 heterocycles. The molecule has 2 N–H and O–H groups in total. The first-order valence-corrected chi connectivity index (χ1v) is 7.81. The van der Waals surface area contributed by atoms with Gasteiger partial charge in [-0.1, -0.05) is 19.3 Å². The van der Waals surface area contributed by atoms with Crippen molar-refractivity contribution < 1.29 is 13.5 Å². The first-order chi connectivity index (χ1) is 7.59. The summed E-state index contributed by atoms with van der Waals surface area (Å²) in [6.07, 6.45) is 6.09. The van der Waals surface area contributed by atoms with Crippen LogP contribution in [0, 0.1) is 5.92 Å². The Bertz CT molecular complexity index is 322. The zero-order valence-electron chi connectivity index (χ0n) is 9.56. The summed E-state index contributed by atoms with van der Waals surface area (Å²) in [7, 11) is -3.13. The molecule has 2 aliphatic rings. The normalized spacial score (nSPS) is 32.3. The number of aliphatic hydroxyl groups excluding tert-OH is 1. The molecule has 0 aromatic carbocycles. The van der Waals surface area contributed by atoms with Crippen LogP contribution in [0.3, 0.4) is 0 Å². The van der Waals surface area contributed by atoms with Crippen molar-refractivity contribution in [1.82, 2.24) is 4.72 Å². The summed E-state index contributed by atoms with van der Waals surface area (Å²) < 4.78 is 26.5. The molecule has 0 amide bonds. The molecule has 16 heavy (non-hydrogen) atoms. The SMILES string of the molecule is O=S(=O)(NCC1CCCC1O)C1CCCC1. The maximum atomic E-state index is 11.9. The minimum Gasteiger partial charge on any atom is -0.393 e. The van der Waals surface area contributed by atoms with Crippen molar-refractivity contribution in [2.45, 2.75) is 56.3 Å². The van der Waals surface area contributed by atoms with E-state index in [9.17, 15) is 13.5 Å². The average Bonchev–Trinajstić information content (AvgIpc) is 2.85. The van der Waals surface area contributed by atoms with Crippen LogP contribution in [0.4, 0.5) is 0 Å². The Kier molecular flexibility index (Phi) is 3.87. The van der Waals surface area contributed by atoms with E-state index in [1.54, 1.807) is 0 Å². The molecule has 2 atom stereocenters. The third-order valence-corrected chi connectivity index (χ3v) is 5.82. The maximum absolute atomic E-state index is 11.9. The Morgan fingerprint density at radius 3 is 2.31 bits per heavy atom. The number of rotatable bonds is 4. The fourth-order valence-electron chi connectivity index (χ4n) is 2.80. The van der Waals surface area contributed by atoms with Gasteiger partial charge in [-0.3, -0.25) is 0 Å². The number of sulfonamides is 1. The molecule has 0 radical (unpaired) electrons. The van der Waals surface area contributed by atoms with Crippen LogP contribution in [0.15, 0.2) is 0 Å². The van der Waals surface area contributed by atoms with Crippen molar-refractivity contribution in [3.63, 3.8) is 0 Å². The molecule has 5 heteroatoms. The molecule has 0 saturated heterocycles. The lowest BCUT2D eigenvalue weighted by Crippen LogP contribution is -2.37. The van der Waals surface area contributed by atoms with E-state index >= 15 is 0 Å². The highest BCUT2D eigenvalue weighted by molar-refractivity contribution is 7.90. The minimum atomic E-state index is -3.13. The Morgan fingerprint density at radius 1 is 1.06 bits per heavy atom. The Labute approximate surface area is 97.5 Å². The van der Waals surface area contributed by atoms with Crippen molar-refractivity contribution in [3.05, 3.63) is 0 Å². The van der Waals surface area contributed by atoms with E-state index in [4.69, 9.17) is 0 Å². The van der Waals surface area contributed by atoms with E-state index in [0.717, 1.165) is 44.9 Å². The Morgan fingerprint density at radius 2 is 1.75 bits per heavy atom. The van der Waals surface area contributed by atoms with Gasteiger partial charge in [0.25, 0.3) is 0 Å². The lowest BCUT2D eigenvalue weighted by atomic mass is 10.1. The zero-order valence-corrected chi connectivity index (χ0v) is 10.4. The van der Waals surface area contributed by atoms with Gasteiger partial charge in [-0.2, -0.15) is 0 Å². The van der Waals surface area contributed by atoms with Crippen molar-refractivity contribution >= 4 is 10.0 Å². The van der Waals surface area contributed by atoms with Gasteiger partial charge in [0, 0.05) is 6.54 Å². The van der Waals surface area contributed by atoms with Crippen LogP contribution < -0.4 is 4.72 Å². The lowest BCUT2D eigenvalue weighted by molar-refractivity contribution is 0.134. The Hall–Kier alpha value is -0.130. The molecule has 0 bridgehead atoms. The highest BCUT2D eigenvalue weighted by Gasteiger charge is 2.31. The first kappa shape index (κ1) is 12.3. The fraction of sp³-hybridized carbons (Fsp3) is 1.00. The Balaban J connectivity index is 1.84. The molecule has 0 spiro atoms. The summed E-state index contributed by atoms with van der Waals surface area (Å²) in [6.45, 7) is 0.417. The number of nitrogens with one attached hydrogen (secondary N) is 1. The quantitative estimate of drug-likeness (QED) is 0.779. The van der Waals surface area contributed by atoms with Gasteiger partial charge in [-0.15, -0.1) is 0 Å². The van der Waals surface area contributed by atoms with E-state index in [1.807, 2.05) is 0 Å². The second-order valence-corrected chi connectivity index (χ2v) is 7.10. The van der Waals surface area contributed by atoms with Gasteiger partial charge in [0.2, 0.25) is 10.0 Å². The molecule has 4 nitrogen and oxygen atoms in total. The topological polar surface area (TPSA) is 66.4 Å². The molecule has 2 fully saturated rings. The van der Waals surface area contributed by atoms with Crippen molar-refractivity contribution in [2.24, 2.45) is 5.92 Å². The van der Waals surface area contributed by atoms with Gasteiger partial charge >= 0.3 is 0 Å². The molecule has 0 aromatic rings. The van der Waals surface area contributed by atoms with Crippen LogP contribution in [-0.2, 0) is 10.0 Å². The average molecular weight is 247 g/mol. The minimum absolute atomic E-state index is 0.121. The van der Waals surface area contributed by atoms with Crippen LogP contribution >= 0.6 is 0 Å². The fourth-order valence-corrected chi connectivity index (χ4v) is 4.43. The zero-order chi connectivity index (χ0) is 11.6. The third kappa shape index (κ3) is 2.76. The van der Waals surface area contributed by atoms with Gasteiger partial charge < -0.3 is 5.11 Å². The predicted octanol–water partition coefficient (Wildman–Crippen LogP) is 1.01. The molecular formula is C11H21NO3S. The monoisotopic (exact) mass is 247 g/mol. The van der Waals surface area contributed by atoms with Crippen LogP contribution in [0.2, 0.25) is 0 Å². The van der Waals surface area contributed by atoms with Crippen LogP contribution in [-0.4, -0.2) is 31.4 Å². The third-order valence-electron chi connectivity index (χ3n) is 3.91. The lowest BCUT2D eigenvalue weighted by Gasteiger charge is -2.17. The van der Waals surface area contributed by atoms with Gasteiger partial charge in [0.1, 0.15) is 0 Å². The van der Waals surface area contributed by atoms with Gasteiger partial charge in [-0.05, 0) is 31.6 Å². The number of hydrogen-bond donors (Lipinski definition) is 2. The molecule has 0 aliphatic heterocycles. The van der Waals surface area contributed by atoms with Crippen molar-refractivity contribution in [1.29, 1.82) is 0 Å². The molecule has 2 rings (SSSR count). The molecule has 2 unspecified atom stereocenters. The number of aliphatic hydroxyl groups is 1. The molecular weight excluding hydrogens is 226 g/mol. The predicted molar refractivity (Wildman–Crippen MR) is 62.5 cm³/mol. The summed E-state index contributed by atoms with van der Waals surface area (Å²) in [5.41, 5.74) is 0. The van der Waals surface area contributed by atoms with Crippen LogP contribution in [0.5, 0.6) is 0 Å². The van der Waals surface area contributed by atoms with Crippen molar-refractivity contribution in [2.75, 3.05) is 6.54 Å². The van der Waals surface area contributed by atoms with Gasteiger partial charge in [0.05, 0.1) is 11.4 Å². The first-order valence-electron chi connectivity index (χ1n) is 6.26. The summed E-state index contributed by atoms with van der Waals surface area (Å²) in [5, 5.41) is 9.43. The summed E-state index contributed by atoms with van der Waals surface area (Å²) >= 11 is 0. The maximum Gasteiger partial charge on any atom is 0.214 e. The van der Waals surface area contributed by atoms with Crippen LogP contribution in [0.25, 0.3) is 0 Å². The summed E-state index contributed by atoms with van der Waals surface area (Å²) in [6, 6.07) is 0. The van der Waals surface area contributed by atoms with Gasteiger partial charge in [0.15, 0.2) is 0 Å². The van der Waals surface area contributed by atoms with E-state index in [1.165, 1.54) is 0 Å². The van der Waals surface area contributed by atoms with Crippen molar-refractivity contribution in [3.8, 4) is 0 Å². The standard InChI is InChI=1S/C11H21NO3S/c13-11-7-3-4-9(11)8-12-16(14,15)10-5-1-2-6-10/h9-13H,1-8H2. The van der Waals surface area contributed by atoms with E-state index in [-0.39, 0.29) is 17.3 Å². The molecule has 0 aromatic heterocycles. The smallest absolute Gasteiger partial charge is 0.214 e. The van der Waals surface area contributed by atoms with E-state index < -0.39 is 10.0 Å². The van der Waals surface area contributed by atoms with Crippen LogP contribution in [0.1, 0.15) is 44.9 Å². The number of hydrogen-bond acceptors (Lipinski definition) is 3. The highest BCUT2D eigenvalue weighted by atomic mass is 32.2. The highest BCUT2D eigenvalue weighted by Crippen LogP contribution is 2.27. The van der Waals surface area contributed by atoms with Gasteiger partial charge in [-0.25, -0.2) is 13.1 Å². The molecule has 2 saturated carbocycles. The molecule has 94 valence electrons. The second-order valence-electron chi connectivity index (χ2n) is 5.06. The largest absolute Gasteiger partial charge is 0.393 e. The second kappa shape index (κ2) is 5.02. The summed E-state index contributed by atoms with van der Waals surface area (Å²) in [4.78, 5) is 0.